The molecule has 1 saturated heterocycles. The van der Waals surface area contributed by atoms with Gasteiger partial charge in [0.25, 0.3) is 0 Å². The number of nitrogens with zero attached hydrogens (tertiary/aromatic N) is 1. The van der Waals surface area contributed by atoms with Crippen LogP contribution in [0.3, 0.4) is 0 Å². The second kappa shape index (κ2) is 6.56. The Morgan fingerprint density at radius 1 is 1.32 bits per heavy atom. The van der Waals surface area contributed by atoms with Gasteiger partial charge in [0.05, 0.1) is 6.04 Å². The third-order valence-corrected chi connectivity index (χ3v) is 4.19. The van der Waals surface area contributed by atoms with Crippen LogP contribution >= 0.6 is 15.9 Å². The number of halogens is 1. The van der Waals surface area contributed by atoms with Crippen LogP contribution in [-0.4, -0.2) is 17.4 Å². The topological polar surface area (TPSA) is 20.3 Å². The summed E-state index contributed by atoms with van der Waals surface area (Å²) in [5.74, 6) is 0.739. The minimum absolute atomic E-state index is 0.271. The van der Waals surface area contributed by atoms with Gasteiger partial charge >= 0.3 is 0 Å². The first kappa shape index (κ1) is 14.6. The van der Waals surface area contributed by atoms with Gasteiger partial charge in [-0.05, 0) is 42.9 Å². The fraction of sp³-hybridized carbons (Fsp3) is 0.562. The van der Waals surface area contributed by atoms with Gasteiger partial charge < -0.3 is 4.90 Å². The molecule has 104 valence electrons. The molecule has 1 atom stereocenters. The number of rotatable bonds is 3. The van der Waals surface area contributed by atoms with Crippen LogP contribution < -0.4 is 0 Å². The summed E-state index contributed by atoms with van der Waals surface area (Å²) < 4.78 is 1.09. The molecule has 19 heavy (non-hydrogen) atoms. The summed E-state index contributed by atoms with van der Waals surface area (Å²) in [5, 5.41) is 0. The van der Waals surface area contributed by atoms with E-state index in [1.807, 2.05) is 0 Å². The molecule has 1 aromatic carbocycles. The van der Waals surface area contributed by atoms with E-state index in [9.17, 15) is 4.79 Å². The molecular weight excluding hydrogens is 302 g/mol. The summed E-state index contributed by atoms with van der Waals surface area (Å²) in [5.41, 5.74) is 1.26. The Balaban J connectivity index is 2.15. The second-order valence-electron chi connectivity index (χ2n) is 5.75. The van der Waals surface area contributed by atoms with Gasteiger partial charge in [0.2, 0.25) is 5.91 Å². The molecule has 1 aliphatic rings. The molecule has 0 aliphatic carbocycles. The summed E-state index contributed by atoms with van der Waals surface area (Å²) in [7, 11) is 0. The molecule has 0 bridgehead atoms. The Morgan fingerprint density at radius 3 is 2.63 bits per heavy atom. The zero-order valence-corrected chi connectivity index (χ0v) is 13.3. The fourth-order valence-electron chi connectivity index (χ4n) is 2.73. The van der Waals surface area contributed by atoms with Crippen LogP contribution in [0.2, 0.25) is 0 Å². The number of piperidine rings is 1. The predicted octanol–water partition coefficient (Wildman–Crippen LogP) is 4.55. The molecule has 0 saturated carbocycles. The number of amides is 1. The monoisotopic (exact) mass is 323 g/mol. The third-order valence-electron chi connectivity index (χ3n) is 3.66. The minimum atomic E-state index is 0.271. The van der Waals surface area contributed by atoms with Crippen LogP contribution in [0.15, 0.2) is 28.7 Å². The van der Waals surface area contributed by atoms with Crippen molar-refractivity contribution in [2.24, 2.45) is 5.92 Å². The number of hydrogen-bond acceptors (Lipinski definition) is 1. The van der Waals surface area contributed by atoms with E-state index in [1.54, 1.807) is 0 Å². The van der Waals surface area contributed by atoms with Crippen LogP contribution in [0.4, 0.5) is 0 Å². The van der Waals surface area contributed by atoms with Gasteiger partial charge in [-0.2, -0.15) is 0 Å². The maximum Gasteiger partial charge on any atom is 0.223 e. The van der Waals surface area contributed by atoms with Gasteiger partial charge in [-0.3, -0.25) is 4.79 Å². The van der Waals surface area contributed by atoms with Gasteiger partial charge in [-0.1, -0.05) is 41.9 Å². The Bertz CT molecular complexity index is 427. The average molecular weight is 324 g/mol. The van der Waals surface area contributed by atoms with Crippen molar-refractivity contribution in [3.8, 4) is 0 Å². The van der Waals surface area contributed by atoms with Crippen molar-refractivity contribution in [2.45, 2.75) is 45.6 Å². The van der Waals surface area contributed by atoms with E-state index in [0.29, 0.717) is 18.2 Å². The van der Waals surface area contributed by atoms with Crippen molar-refractivity contribution >= 4 is 21.8 Å². The first-order chi connectivity index (χ1) is 9.08. The van der Waals surface area contributed by atoms with E-state index in [1.165, 1.54) is 12.0 Å². The quantitative estimate of drug-likeness (QED) is 0.799. The highest BCUT2D eigenvalue weighted by molar-refractivity contribution is 9.10. The van der Waals surface area contributed by atoms with Gasteiger partial charge in [-0.25, -0.2) is 0 Å². The van der Waals surface area contributed by atoms with Crippen molar-refractivity contribution in [1.82, 2.24) is 4.90 Å². The minimum Gasteiger partial charge on any atom is -0.336 e. The van der Waals surface area contributed by atoms with Crippen LogP contribution in [0.1, 0.15) is 51.1 Å². The van der Waals surface area contributed by atoms with Crippen LogP contribution in [-0.2, 0) is 4.79 Å². The Morgan fingerprint density at radius 2 is 2.00 bits per heavy atom. The number of carbonyl (C=O) groups excluding carboxylic acids is 1. The van der Waals surface area contributed by atoms with Crippen molar-refractivity contribution < 1.29 is 4.79 Å². The summed E-state index contributed by atoms with van der Waals surface area (Å²) in [6.07, 6.45) is 4.10. The fourth-order valence-corrected chi connectivity index (χ4v) is 2.99. The highest BCUT2D eigenvalue weighted by Crippen LogP contribution is 2.32. The standard InChI is InChI=1S/C16H22BrNO/c1-12(2)11-16(19)18-10-4-3-5-15(18)13-6-8-14(17)9-7-13/h6-9,12,15H,3-5,10-11H2,1-2H3. The maximum atomic E-state index is 12.4. The largest absolute Gasteiger partial charge is 0.336 e. The molecule has 0 radical (unpaired) electrons. The van der Waals surface area contributed by atoms with Crippen LogP contribution in [0.25, 0.3) is 0 Å². The Labute approximate surface area is 124 Å². The van der Waals surface area contributed by atoms with E-state index >= 15 is 0 Å². The molecule has 3 heteroatoms. The van der Waals surface area contributed by atoms with E-state index in [0.717, 1.165) is 23.9 Å². The van der Waals surface area contributed by atoms with Crippen LogP contribution in [0, 0.1) is 5.92 Å². The number of likely N-dealkylation sites (tertiary alicyclic amines) is 1. The van der Waals surface area contributed by atoms with E-state index < -0.39 is 0 Å². The van der Waals surface area contributed by atoms with Crippen molar-refractivity contribution in [3.05, 3.63) is 34.3 Å². The Hall–Kier alpha value is -0.830. The SMILES string of the molecule is CC(C)CC(=O)N1CCCCC1c1ccc(Br)cc1. The lowest BCUT2D eigenvalue weighted by molar-refractivity contribution is -0.135. The molecule has 2 rings (SSSR count). The van der Waals surface area contributed by atoms with Gasteiger partial charge in [0, 0.05) is 17.4 Å². The van der Waals surface area contributed by atoms with Crippen molar-refractivity contribution in [1.29, 1.82) is 0 Å². The summed E-state index contributed by atoms with van der Waals surface area (Å²) in [4.78, 5) is 14.5. The molecule has 1 heterocycles. The third kappa shape index (κ3) is 3.82. The molecule has 0 aromatic heterocycles. The van der Waals surface area contributed by atoms with Crippen molar-refractivity contribution in [3.63, 3.8) is 0 Å². The number of carbonyl (C=O) groups is 1. The number of benzene rings is 1. The molecule has 1 amide bonds. The zero-order chi connectivity index (χ0) is 13.8. The smallest absolute Gasteiger partial charge is 0.223 e. The first-order valence-corrected chi connectivity index (χ1v) is 7.92. The van der Waals surface area contributed by atoms with Gasteiger partial charge in [-0.15, -0.1) is 0 Å². The molecule has 1 aliphatic heterocycles. The lowest BCUT2D eigenvalue weighted by atomic mass is 9.94. The normalized spacial score (nSPS) is 19.8. The second-order valence-corrected chi connectivity index (χ2v) is 6.66. The lowest BCUT2D eigenvalue weighted by Crippen LogP contribution is -2.38. The highest BCUT2D eigenvalue weighted by Gasteiger charge is 2.27. The zero-order valence-electron chi connectivity index (χ0n) is 11.7. The van der Waals surface area contributed by atoms with E-state index in [2.05, 4.69) is 58.9 Å². The van der Waals surface area contributed by atoms with E-state index in [4.69, 9.17) is 0 Å². The van der Waals surface area contributed by atoms with Crippen molar-refractivity contribution in [2.75, 3.05) is 6.54 Å². The summed E-state index contributed by atoms with van der Waals surface area (Å²) in [6, 6.07) is 8.67. The molecule has 1 aromatic rings. The summed E-state index contributed by atoms with van der Waals surface area (Å²) in [6.45, 7) is 5.12. The molecule has 1 unspecified atom stereocenters. The van der Waals surface area contributed by atoms with Gasteiger partial charge in [0.1, 0.15) is 0 Å². The predicted molar refractivity (Wildman–Crippen MR) is 81.9 cm³/mol. The van der Waals surface area contributed by atoms with Gasteiger partial charge in [0.15, 0.2) is 0 Å². The first-order valence-electron chi connectivity index (χ1n) is 7.13. The van der Waals surface area contributed by atoms with E-state index in [-0.39, 0.29) is 6.04 Å². The highest BCUT2D eigenvalue weighted by atomic mass is 79.9. The average Bonchev–Trinajstić information content (AvgIpc) is 2.39. The Kier molecular flexibility index (Phi) is 5.03. The molecule has 1 fully saturated rings. The number of hydrogen-bond donors (Lipinski definition) is 0. The van der Waals surface area contributed by atoms with Crippen LogP contribution in [0.5, 0.6) is 0 Å². The molecular formula is C16H22BrNO. The maximum absolute atomic E-state index is 12.4. The lowest BCUT2D eigenvalue weighted by Gasteiger charge is -2.36. The molecule has 2 nitrogen and oxygen atoms in total. The molecule has 0 N–H and O–H groups in total. The summed E-state index contributed by atoms with van der Waals surface area (Å²) >= 11 is 3.47. The molecule has 0 spiro atoms.